The number of halogens is 1. The molecule has 0 bridgehead atoms. The monoisotopic (exact) mass is 364 g/mol. The summed E-state index contributed by atoms with van der Waals surface area (Å²) in [5.41, 5.74) is 2.49. The molecule has 2 rings (SSSR count). The summed E-state index contributed by atoms with van der Waals surface area (Å²) in [4.78, 5) is 10.7. The van der Waals surface area contributed by atoms with E-state index in [0.29, 0.717) is 19.0 Å². The van der Waals surface area contributed by atoms with Gasteiger partial charge in [-0.15, -0.1) is 0 Å². The van der Waals surface area contributed by atoms with Crippen molar-refractivity contribution in [2.45, 2.75) is 13.8 Å². The Bertz CT molecular complexity index is 642. The lowest BCUT2D eigenvalue weighted by atomic mass is 10.1. The average molecular weight is 365 g/mol. The number of aryl methyl sites for hydroxylation is 2. The lowest BCUT2D eigenvalue weighted by molar-refractivity contribution is 0.0697. The summed E-state index contributed by atoms with van der Waals surface area (Å²) >= 11 is 3.52. The van der Waals surface area contributed by atoms with Crippen molar-refractivity contribution < 1.29 is 19.4 Å². The molecule has 1 N–H and O–H groups in total. The molecule has 2 aromatic carbocycles. The van der Waals surface area contributed by atoms with Gasteiger partial charge in [0.05, 0.1) is 5.56 Å². The van der Waals surface area contributed by atoms with Crippen LogP contribution < -0.4 is 9.47 Å². The van der Waals surface area contributed by atoms with Crippen molar-refractivity contribution in [1.29, 1.82) is 0 Å². The molecule has 0 unspecified atom stereocenters. The first kappa shape index (κ1) is 16.4. The molecule has 0 aromatic heterocycles. The number of carboxylic acid groups (broad SMARTS) is 1. The summed E-state index contributed by atoms with van der Waals surface area (Å²) in [6.07, 6.45) is 0. The molecule has 5 heteroatoms. The van der Waals surface area contributed by atoms with Gasteiger partial charge < -0.3 is 14.6 Å². The zero-order valence-electron chi connectivity index (χ0n) is 12.4. The van der Waals surface area contributed by atoms with Gasteiger partial charge in [0.15, 0.2) is 0 Å². The molecule has 4 nitrogen and oxygen atoms in total. The van der Waals surface area contributed by atoms with Crippen molar-refractivity contribution in [3.8, 4) is 11.5 Å². The molecule has 0 radical (unpaired) electrons. The van der Waals surface area contributed by atoms with Gasteiger partial charge in [-0.2, -0.15) is 0 Å². The quantitative estimate of drug-likeness (QED) is 0.779. The number of hydrogen-bond acceptors (Lipinski definition) is 3. The largest absolute Gasteiger partial charge is 0.490 e. The van der Waals surface area contributed by atoms with Crippen LogP contribution in [-0.2, 0) is 0 Å². The van der Waals surface area contributed by atoms with E-state index >= 15 is 0 Å². The van der Waals surface area contributed by atoms with E-state index in [9.17, 15) is 4.79 Å². The van der Waals surface area contributed by atoms with Gasteiger partial charge in [0.25, 0.3) is 0 Å². The van der Waals surface area contributed by atoms with Crippen molar-refractivity contribution in [2.75, 3.05) is 13.2 Å². The van der Waals surface area contributed by atoms with Crippen molar-refractivity contribution in [3.05, 3.63) is 57.6 Å². The minimum absolute atomic E-state index is 0.240. The summed E-state index contributed by atoms with van der Waals surface area (Å²) in [7, 11) is 0. The smallest absolute Gasteiger partial charge is 0.335 e. The van der Waals surface area contributed by atoms with Crippen molar-refractivity contribution in [3.63, 3.8) is 0 Å². The topological polar surface area (TPSA) is 55.8 Å². The number of benzene rings is 2. The fourth-order valence-corrected chi connectivity index (χ4v) is 2.23. The third-order valence-electron chi connectivity index (χ3n) is 3.13. The Morgan fingerprint density at radius 1 is 1.00 bits per heavy atom. The Morgan fingerprint density at radius 2 is 1.50 bits per heavy atom. The molecule has 0 spiro atoms. The van der Waals surface area contributed by atoms with Gasteiger partial charge in [0.2, 0.25) is 0 Å². The van der Waals surface area contributed by atoms with Crippen LogP contribution in [-0.4, -0.2) is 24.3 Å². The Labute approximate surface area is 137 Å². The van der Waals surface area contributed by atoms with Crippen LogP contribution in [0.5, 0.6) is 11.5 Å². The normalized spacial score (nSPS) is 10.3. The Balaban J connectivity index is 1.83. The van der Waals surface area contributed by atoms with Crippen LogP contribution in [0.15, 0.2) is 40.9 Å². The first-order valence-electron chi connectivity index (χ1n) is 6.83. The highest BCUT2D eigenvalue weighted by molar-refractivity contribution is 9.10. The maximum Gasteiger partial charge on any atom is 0.335 e. The number of rotatable bonds is 6. The van der Waals surface area contributed by atoms with Crippen LogP contribution >= 0.6 is 15.9 Å². The third-order valence-corrected chi connectivity index (χ3v) is 4.38. The van der Waals surface area contributed by atoms with Gasteiger partial charge >= 0.3 is 5.97 Å². The Kier molecular flexibility index (Phi) is 5.44. The fourth-order valence-electron chi connectivity index (χ4n) is 2.00. The molecule has 0 heterocycles. The van der Waals surface area contributed by atoms with Gasteiger partial charge in [-0.1, -0.05) is 15.9 Å². The first-order valence-corrected chi connectivity index (χ1v) is 7.62. The number of ether oxygens (including phenoxy) is 2. The standard InChI is InChI=1S/C17H17BrO4/c1-11-9-15(10-12(2)16(11)18)22-8-7-21-14-5-3-13(4-6-14)17(19)20/h3-6,9-10H,7-8H2,1-2H3,(H,19,20). The van der Waals surface area contributed by atoms with Gasteiger partial charge in [0, 0.05) is 4.47 Å². The molecule has 2 aromatic rings. The van der Waals surface area contributed by atoms with E-state index in [0.717, 1.165) is 21.3 Å². The number of carbonyl (C=O) groups is 1. The molecule has 0 aliphatic heterocycles. The van der Waals surface area contributed by atoms with Gasteiger partial charge in [-0.3, -0.25) is 0 Å². The molecule has 0 fully saturated rings. The molecule has 0 saturated carbocycles. The van der Waals surface area contributed by atoms with E-state index in [4.69, 9.17) is 14.6 Å². The second-order valence-electron chi connectivity index (χ2n) is 4.90. The van der Waals surface area contributed by atoms with Crippen LogP contribution in [0.3, 0.4) is 0 Å². The van der Waals surface area contributed by atoms with Gasteiger partial charge in [-0.25, -0.2) is 4.79 Å². The van der Waals surface area contributed by atoms with Crippen LogP contribution in [0, 0.1) is 13.8 Å². The molecule has 116 valence electrons. The predicted molar refractivity (Wildman–Crippen MR) is 88.0 cm³/mol. The fraction of sp³-hybridized carbons (Fsp3) is 0.235. The van der Waals surface area contributed by atoms with E-state index < -0.39 is 5.97 Å². The molecule has 0 aliphatic rings. The first-order chi connectivity index (χ1) is 10.5. The third kappa shape index (κ3) is 4.24. The summed E-state index contributed by atoms with van der Waals surface area (Å²) in [5, 5.41) is 8.82. The van der Waals surface area contributed by atoms with Crippen molar-refractivity contribution >= 4 is 21.9 Å². The van der Waals surface area contributed by atoms with Crippen LogP contribution in [0.2, 0.25) is 0 Å². The number of aromatic carboxylic acids is 1. The maximum atomic E-state index is 10.7. The minimum Gasteiger partial charge on any atom is -0.490 e. The summed E-state index contributed by atoms with van der Waals surface area (Å²) in [6.45, 7) is 4.84. The molecular formula is C17H17BrO4. The summed E-state index contributed by atoms with van der Waals surface area (Å²) in [5.74, 6) is 0.482. The highest BCUT2D eigenvalue weighted by Gasteiger charge is 2.04. The minimum atomic E-state index is -0.948. The predicted octanol–water partition coefficient (Wildman–Crippen LogP) is 4.22. The summed E-state index contributed by atoms with van der Waals surface area (Å²) in [6, 6.07) is 10.2. The maximum absolute atomic E-state index is 10.7. The lowest BCUT2D eigenvalue weighted by Crippen LogP contribution is -2.09. The average Bonchev–Trinajstić information content (AvgIpc) is 2.49. The van der Waals surface area contributed by atoms with Crippen LogP contribution in [0.4, 0.5) is 0 Å². The van der Waals surface area contributed by atoms with E-state index in [2.05, 4.69) is 15.9 Å². The van der Waals surface area contributed by atoms with E-state index in [1.54, 1.807) is 12.1 Å². The molecule has 0 aliphatic carbocycles. The second kappa shape index (κ2) is 7.31. The molecule has 0 saturated heterocycles. The van der Waals surface area contributed by atoms with E-state index in [1.807, 2.05) is 26.0 Å². The zero-order chi connectivity index (χ0) is 16.1. The molecule has 22 heavy (non-hydrogen) atoms. The lowest BCUT2D eigenvalue weighted by Gasteiger charge is -2.11. The number of hydrogen-bond donors (Lipinski definition) is 1. The van der Waals surface area contributed by atoms with Crippen molar-refractivity contribution in [2.24, 2.45) is 0 Å². The second-order valence-corrected chi connectivity index (χ2v) is 5.69. The molecule has 0 atom stereocenters. The SMILES string of the molecule is Cc1cc(OCCOc2ccc(C(=O)O)cc2)cc(C)c1Br. The van der Waals surface area contributed by atoms with E-state index in [-0.39, 0.29) is 5.56 Å². The summed E-state index contributed by atoms with van der Waals surface area (Å²) < 4.78 is 12.3. The highest BCUT2D eigenvalue weighted by atomic mass is 79.9. The highest BCUT2D eigenvalue weighted by Crippen LogP contribution is 2.26. The Morgan fingerprint density at radius 3 is 2.00 bits per heavy atom. The van der Waals surface area contributed by atoms with Crippen molar-refractivity contribution in [1.82, 2.24) is 0 Å². The Hall–Kier alpha value is -2.01. The molecule has 0 amide bonds. The van der Waals surface area contributed by atoms with Gasteiger partial charge in [0.1, 0.15) is 24.7 Å². The van der Waals surface area contributed by atoms with Gasteiger partial charge in [-0.05, 0) is 61.4 Å². The molecular weight excluding hydrogens is 348 g/mol. The van der Waals surface area contributed by atoms with E-state index in [1.165, 1.54) is 12.1 Å². The van der Waals surface area contributed by atoms with Crippen LogP contribution in [0.25, 0.3) is 0 Å². The van der Waals surface area contributed by atoms with Crippen LogP contribution in [0.1, 0.15) is 21.5 Å². The number of carboxylic acids is 1. The zero-order valence-corrected chi connectivity index (χ0v) is 14.0.